The highest BCUT2D eigenvalue weighted by Gasteiger charge is 2.22. The molecule has 6 heteroatoms. The molecule has 2 rings (SSSR count). The molecule has 0 aromatic carbocycles. The van der Waals surface area contributed by atoms with Crippen LogP contribution in [0.5, 0.6) is 0 Å². The predicted octanol–water partition coefficient (Wildman–Crippen LogP) is 1.89. The van der Waals surface area contributed by atoms with Crippen molar-refractivity contribution >= 4 is 34.9 Å². The van der Waals surface area contributed by atoms with Crippen LogP contribution in [0.25, 0.3) is 0 Å². The molecule has 1 N–H and O–H groups in total. The summed E-state index contributed by atoms with van der Waals surface area (Å²) in [5.41, 5.74) is 0. The Morgan fingerprint density at radius 1 is 1.47 bits per heavy atom. The summed E-state index contributed by atoms with van der Waals surface area (Å²) < 4.78 is 0. The summed E-state index contributed by atoms with van der Waals surface area (Å²) in [7, 11) is 0. The third kappa shape index (κ3) is 4.24. The maximum absolute atomic E-state index is 12.0. The molecule has 0 saturated carbocycles. The Balaban J connectivity index is 1.86. The first-order valence-corrected chi connectivity index (χ1v) is 8.27. The lowest BCUT2D eigenvalue weighted by Gasteiger charge is -2.20. The maximum atomic E-state index is 12.0. The van der Waals surface area contributed by atoms with Crippen molar-refractivity contribution in [3.8, 4) is 0 Å². The zero-order valence-electron chi connectivity index (χ0n) is 10.9. The molecule has 2 heterocycles. The van der Waals surface area contributed by atoms with Crippen molar-refractivity contribution in [3.05, 3.63) is 22.4 Å². The van der Waals surface area contributed by atoms with Gasteiger partial charge in [-0.1, -0.05) is 6.07 Å². The van der Waals surface area contributed by atoms with E-state index in [9.17, 15) is 9.59 Å². The Bertz CT molecular complexity index is 434. The summed E-state index contributed by atoms with van der Waals surface area (Å²) in [5, 5.41) is 5.16. The summed E-state index contributed by atoms with van der Waals surface area (Å²) in [4.78, 5) is 26.0. The Morgan fingerprint density at radius 2 is 2.32 bits per heavy atom. The highest BCUT2D eigenvalue weighted by atomic mass is 32.2. The molecule has 0 unspecified atom stereocenters. The van der Waals surface area contributed by atoms with Crippen LogP contribution in [0.3, 0.4) is 0 Å². The fourth-order valence-electron chi connectivity index (χ4n) is 2.03. The van der Waals surface area contributed by atoms with Crippen LogP contribution in [-0.4, -0.2) is 42.1 Å². The van der Waals surface area contributed by atoms with Gasteiger partial charge in [0.15, 0.2) is 0 Å². The Kier molecular flexibility index (Phi) is 5.27. The van der Waals surface area contributed by atoms with E-state index < -0.39 is 0 Å². The van der Waals surface area contributed by atoms with Crippen LogP contribution in [0.2, 0.25) is 0 Å². The Hall–Kier alpha value is -1.01. The summed E-state index contributed by atoms with van der Waals surface area (Å²) in [6.07, 6.45) is 0.983. The minimum atomic E-state index is -0.158. The first-order valence-electron chi connectivity index (χ1n) is 6.34. The van der Waals surface area contributed by atoms with E-state index in [1.165, 1.54) is 11.8 Å². The van der Waals surface area contributed by atoms with Gasteiger partial charge >= 0.3 is 0 Å². The number of nitrogens with zero attached hydrogens (tertiary/aromatic N) is 1. The first kappa shape index (κ1) is 14.4. The van der Waals surface area contributed by atoms with Gasteiger partial charge in [0.05, 0.1) is 6.54 Å². The number of thioether (sulfide) groups is 1. The van der Waals surface area contributed by atoms with Gasteiger partial charge in [0.1, 0.15) is 0 Å². The van der Waals surface area contributed by atoms with Crippen LogP contribution in [-0.2, 0) is 9.59 Å². The molecule has 1 fully saturated rings. The van der Waals surface area contributed by atoms with E-state index in [0.717, 1.165) is 25.3 Å². The minimum absolute atomic E-state index is 0.0163. The van der Waals surface area contributed by atoms with Crippen molar-refractivity contribution < 1.29 is 9.59 Å². The molecule has 1 aromatic rings. The number of hydrogen-bond acceptors (Lipinski definition) is 4. The average molecular weight is 298 g/mol. The number of carbonyl (C=O) groups excluding carboxylic acids is 2. The third-order valence-corrected chi connectivity index (χ3v) is 5.49. The topological polar surface area (TPSA) is 49.4 Å². The summed E-state index contributed by atoms with van der Waals surface area (Å²) in [6.45, 7) is 3.08. The van der Waals surface area contributed by atoms with Crippen molar-refractivity contribution in [3.63, 3.8) is 0 Å². The van der Waals surface area contributed by atoms with Crippen LogP contribution in [0, 0.1) is 0 Å². The van der Waals surface area contributed by atoms with Gasteiger partial charge in [0, 0.05) is 35.9 Å². The number of rotatable bonds is 3. The number of amides is 2. The van der Waals surface area contributed by atoms with Gasteiger partial charge < -0.3 is 10.2 Å². The van der Waals surface area contributed by atoms with Crippen molar-refractivity contribution in [2.24, 2.45) is 0 Å². The lowest BCUT2D eigenvalue weighted by atomic mass is 10.2. The second-order valence-electron chi connectivity index (χ2n) is 4.45. The van der Waals surface area contributed by atoms with Crippen LogP contribution >= 0.6 is 23.1 Å². The molecule has 1 aliphatic rings. The van der Waals surface area contributed by atoms with E-state index in [4.69, 9.17) is 0 Å². The van der Waals surface area contributed by atoms with Gasteiger partial charge in [-0.05, 0) is 17.9 Å². The smallest absolute Gasteiger partial charge is 0.241 e. The molecule has 2 amide bonds. The highest BCUT2D eigenvalue weighted by molar-refractivity contribution is 7.99. The zero-order chi connectivity index (χ0) is 13.7. The standard InChI is InChI=1S/C13H18N2O2S2/c1-10(16)14-9-13(17)15-5-4-12(19-8-6-15)11-3-2-7-18-11/h2-3,7,12H,4-6,8-9H2,1H3,(H,14,16)/t12-/m0/s1. The fraction of sp³-hybridized carbons (Fsp3) is 0.538. The molecule has 0 radical (unpaired) electrons. The van der Waals surface area contributed by atoms with E-state index in [2.05, 4.69) is 22.8 Å². The molecular weight excluding hydrogens is 280 g/mol. The van der Waals surface area contributed by atoms with Gasteiger partial charge in [-0.3, -0.25) is 9.59 Å². The normalized spacial score (nSPS) is 19.8. The molecular formula is C13H18N2O2S2. The molecule has 104 valence electrons. The third-order valence-electron chi connectivity index (χ3n) is 3.04. The molecule has 1 atom stereocenters. The van der Waals surface area contributed by atoms with E-state index in [-0.39, 0.29) is 18.4 Å². The van der Waals surface area contributed by atoms with Gasteiger partial charge in [-0.15, -0.1) is 11.3 Å². The van der Waals surface area contributed by atoms with E-state index in [1.54, 1.807) is 11.3 Å². The monoisotopic (exact) mass is 298 g/mol. The molecule has 1 aliphatic heterocycles. The number of hydrogen-bond donors (Lipinski definition) is 1. The van der Waals surface area contributed by atoms with Crippen LogP contribution in [0.15, 0.2) is 17.5 Å². The number of nitrogens with one attached hydrogen (secondary N) is 1. The SMILES string of the molecule is CC(=O)NCC(=O)N1CCS[C@H](c2cccs2)CC1. The molecule has 4 nitrogen and oxygen atoms in total. The van der Waals surface area contributed by atoms with E-state index in [1.807, 2.05) is 16.7 Å². The van der Waals surface area contributed by atoms with Crippen molar-refractivity contribution in [2.45, 2.75) is 18.6 Å². The van der Waals surface area contributed by atoms with Crippen molar-refractivity contribution in [1.82, 2.24) is 10.2 Å². The quantitative estimate of drug-likeness (QED) is 0.927. The maximum Gasteiger partial charge on any atom is 0.241 e. The Labute approximate surface area is 121 Å². The van der Waals surface area contributed by atoms with Gasteiger partial charge in [-0.2, -0.15) is 11.8 Å². The number of carbonyl (C=O) groups is 2. The van der Waals surface area contributed by atoms with Crippen LogP contribution in [0.4, 0.5) is 0 Å². The highest BCUT2D eigenvalue weighted by Crippen LogP contribution is 2.36. The van der Waals surface area contributed by atoms with Gasteiger partial charge in [-0.25, -0.2) is 0 Å². The summed E-state index contributed by atoms with van der Waals surface area (Å²) >= 11 is 3.70. The van der Waals surface area contributed by atoms with Crippen LogP contribution in [0.1, 0.15) is 23.5 Å². The lowest BCUT2D eigenvalue weighted by molar-refractivity contribution is -0.132. The summed E-state index contributed by atoms with van der Waals surface area (Å²) in [6, 6.07) is 4.24. The largest absolute Gasteiger partial charge is 0.347 e. The van der Waals surface area contributed by atoms with Crippen LogP contribution < -0.4 is 5.32 Å². The minimum Gasteiger partial charge on any atom is -0.347 e. The number of thiophene rings is 1. The molecule has 0 spiro atoms. The second-order valence-corrected chi connectivity index (χ2v) is 6.74. The van der Waals surface area contributed by atoms with E-state index in [0.29, 0.717) is 5.25 Å². The lowest BCUT2D eigenvalue weighted by Crippen LogP contribution is -2.40. The van der Waals surface area contributed by atoms with Gasteiger partial charge in [0.2, 0.25) is 11.8 Å². The predicted molar refractivity (Wildman–Crippen MR) is 79.4 cm³/mol. The molecule has 1 aromatic heterocycles. The second kappa shape index (κ2) is 6.96. The molecule has 0 aliphatic carbocycles. The summed E-state index contributed by atoms with van der Waals surface area (Å²) in [5.74, 6) is 0.811. The molecule has 0 bridgehead atoms. The van der Waals surface area contributed by atoms with E-state index >= 15 is 0 Å². The molecule has 1 saturated heterocycles. The first-order chi connectivity index (χ1) is 9.16. The van der Waals surface area contributed by atoms with Crippen molar-refractivity contribution in [2.75, 3.05) is 25.4 Å². The van der Waals surface area contributed by atoms with Gasteiger partial charge in [0.25, 0.3) is 0 Å². The zero-order valence-corrected chi connectivity index (χ0v) is 12.6. The van der Waals surface area contributed by atoms with Crippen molar-refractivity contribution in [1.29, 1.82) is 0 Å². The Morgan fingerprint density at radius 3 is 3.00 bits per heavy atom. The fourth-order valence-corrected chi connectivity index (χ4v) is 4.27. The average Bonchev–Trinajstić information content (AvgIpc) is 2.80. The molecule has 19 heavy (non-hydrogen) atoms.